The molecule has 3 atom stereocenters. The summed E-state index contributed by atoms with van der Waals surface area (Å²) in [5, 5.41) is 9.26. The third-order valence-electron chi connectivity index (χ3n) is 5.71. The highest BCUT2D eigenvalue weighted by Gasteiger charge is 2.41. The highest BCUT2D eigenvalue weighted by Crippen LogP contribution is 2.22. The number of nitrogens with one attached hydrogen (secondary N) is 4. The van der Waals surface area contributed by atoms with Crippen LogP contribution in [0.1, 0.15) is 25.8 Å². The molecule has 0 spiro atoms. The number of aromatic nitrogens is 1. The zero-order chi connectivity index (χ0) is 24.8. The van der Waals surface area contributed by atoms with Crippen LogP contribution in [0.25, 0.3) is 10.9 Å². The van der Waals surface area contributed by atoms with E-state index in [-0.39, 0.29) is 49.2 Å². The van der Waals surface area contributed by atoms with E-state index in [1.54, 1.807) is 12.5 Å². The van der Waals surface area contributed by atoms with E-state index in [9.17, 15) is 19.2 Å². The fourth-order valence-corrected chi connectivity index (χ4v) is 4.58. The molecule has 1 saturated heterocycles. The molecule has 0 bridgehead atoms. The molecule has 6 N–H and O–H groups in total. The van der Waals surface area contributed by atoms with Gasteiger partial charge in [0, 0.05) is 36.1 Å². The van der Waals surface area contributed by atoms with Gasteiger partial charge in [-0.25, -0.2) is 4.79 Å². The molecule has 1 aromatic carbocycles. The molecule has 0 radical (unpaired) electrons. The van der Waals surface area contributed by atoms with Crippen molar-refractivity contribution in [3.8, 4) is 0 Å². The van der Waals surface area contributed by atoms with Crippen LogP contribution < -0.4 is 21.7 Å². The van der Waals surface area contributed by atoms with Crippen LogP contribution >= 0.6 is 11.8 Å². The molecule has 2 aromatic rings. The van der Waals surface area contributed by atoms with Gasteiger partial charge in [0.15, 0.2) is 0 Å². The quantitative estimate of drug-likeness (QED) is 0.353. The van der Waals surface area contributed by atoms with Crippen LogP contribution in [-0.4, -0.2) is 76.4 Å². The van der Waals surface area contributed by atoms with Crippen molar-refractivity contribution >= 4 is 46.4 Å². The summed E-state index contributed by atoms with van der Waals surface area (Å²) in [6, 6.07) is 5.11. The summed E-state index contributed by atoms with van der Waals surface area (Å²) in [5.41, 5.74) is 7.39. The molecule has 5 amide bonds. The van der Waals surface area contributed by atoms with Gasteiger partial charge in [0.1, 0.15) is 12.1 Å². The van der Waals surface area contributed by atoms with Crippen LogP contribution in [-0.2, 0) is 20.8 Å². The van der Waals surface area contributed by atoms with Gasteiger partial charge in [0.2, 0.25) is 17.7 Å². The molecule has 2 heterocycles. The average Bonchev–Trinajstić information content (AvgIpc) is 3.37. The monoisotopic (exact) mass is 488 g/mol. The second-order valence-electron chi connectivity index (χ2n) is 8.73. The van der Waals surface area contributed by atoms with E-state index in [0.29, 0.717) is 0 Å². The number of rotatable bonds is 9. The second kappa shape index (κ2) is 11.3. The molecule has 0 aliphatic carbocycles. The number of amides is 5. The summed E-state index contributed by atoms with van der Waals surface area (Å²) in [6.45, 7) is 3.90. The molecule has 1 fully saturated rings. The molecule has 3 rings (SSSR count). The number of primary amides is 1. The average molecular weight is 489 g/mol. The van der Waals surface area contributed by atoms with Crippen molar-refractivity contribution in [1.29, 1.82) is 0 Å². The number of urea groups is 1. The molecule has 11 heteroatoms. The predicted octanol–water partition coefficient (Wildman–Crippen LogP) is 0.721. The standard InChI is InChI=1S/C23H32N6O4S/c1-13(2)26-23(33)27-15-9-19(29(11-15)20(30)12-34-3)22(32)28-18(21(24)31)8-14-10-25-17-7-5-4-6-16(14)17/h4-7,10,13,15,18-19,25H,8-9,11-12H2,1-3H3,(H2,24,31)(H,28,32)(H2,26,27,33)/t15-,18+,19-/m0/s1. The zero-order valence-electron chi connectivity index (χ0n) is 19.6. The van der Waals surface area contributed by atoms with Crippen LogP contribution in [0, 0.1) is 0 Å². The van der Waals surface area contributed by atoms with Gasteiger partial charge in [-0.2, -0.15) is 11.8 Å². The van der Waals surface area contributed by atoms with Gasteiger partial charge in [0.05, 0.1) is 11.8 Å². The first-order chi connectivity index (χ1) is 16.2. The smallest absolute Gasteiger partial charge is 0.315 e. The van der Waals surface area contributed by atoms with Crippen LogP contribution in [0.15, 0.2) is 30.5 Å². The summed E-state index contributed by atoms with van der Waals surface area (Å²) in [7, 11) is 0. The van der Waals surface area contributed by atoms with Crippen LogP contribution in [0.5, 0.6) is 0 Å². The van der Waals surface area contributed by atoms with E-state index < -0.39 is 23.9 Å². The molecule has 34 heavy (non-hydrogen) atoms. The fraction of sp³-hybridized carbons (Fsp3) is 0.478. The molecule has 0 saturated carbocycles. The van der Waals surface area contributed by atoms with Gasteiger partial charge >= 0.3 is 6.03 Å². The summed E-state index contributed by atoms with van der Waals surface area (Å²) < 4.78 is 0. The van der Waals surface area contributed by atoms with Gasteiger partial charge in [0.25, 0.3) is 0 Å². The maximum absolute atomic E-state index is 13.2. The highest BCUT2D eigenvalue weighted by atomic mass is 32.2. The summed E-state index contributed by atoms with van der Waals surface area (Å²) in [4.78, 5) is 54.9. The number of likely N-dealkylation sites (tertiary alicyclic amines) is 1. The van der Waals surface area contributed by atoms with E-state index in [1.807, 2.05) is 38.1 Å². The topological polar surface area (TPSA) is 149 Å². The Morgan fingerprint density at radius 3 is 2.62 bits per heavy atom. The van der Waals surface area contributed by atoms with Gasteiger partial charge in [-0.3, -0.25) is 14.4 Å². The van der Waals surface area contributed by atoms with Crippen molar-refractivity contribution in [2.45, 2.75) is 50.9 Å². The molecular weight excluding hydrogens is 456 g/mol. The Bertz CT molecular complexity index is 1060. The lowest BCUT2D eigenvalue weighted by Crippen LogP contribution is -2.53. The summed E-state index contributed by atoms with van der Waals surface area (Å²) in [5.74, 6) is -1.12. The normalized spacial score (nSPS) is 18.6. The van der Waals surface area contributed by atoms with Crippen molar-refractivity contribution < 1.29 is 19.2 Å². The Labute approximate surface area is 202 Å². The number of benzene rings is 1. The third kappa shape index (κ3) is 6.22. The van der Waals surface area contributed by atoms with Crippen molar-refractivity contribution in [1.82, 2.24) is 25.8 Å². The van der Waals surface area contributed by atoms with Gasteiger partial charge in [-0.05, 0) is 38.2 Å². The Morgan fingerprint density at radius 1 is 1.21 bits per heavy atom. The van der Waals surface area contributed by atoms with Crippen molar-refractivity contribution in [2.24, 2.45) is 5.73 Å². The van der Waals surface area contributed by atoms with E-state index in [0.717, 1.165) is 16.5 Å². The maximum atomic E-state index is 13.2. The van der Waals surface area contributed by atoms with Crippen LogP contribution in [0.3, 0.4) is 0 Å². The third-order valence-corrected chi connectivity index (χ3v) is 6.24. The van der Waals surface area contributed by atoms with Crippen LogP contribution in [0.2, 0.25) is 0 Å². The molecule has 1 aliphatic rings. The zero-order valence-corrected chi connectivity index (χ0v) is 20.4. The Balaban J connectivity index is 1.73. The van der Waals surface area contributed by atoms with Gasteiger partial charge in [-0.1, -0.05) is 18.2 Å². The van der Waals surface area contributed by atoms with Crippen molar-refractivity contribution in [2.75, 3.05) is 18.6 Å². The van der Waals surface area contributed by atoms with E-state index in [2.05, 4.69) is 20.9 Å². The number of hydrogen-bond donors (Lipinski definition) is 5. The lowest BCUT2D eigenvalue weighted by atomic mass is 10.0. The number of nitrogens with two attached hydrogens (primary N) is 1. The lowest BCUT2D eigenvalue weighted by molar-refractivity contribution is -0.137. The molecule has 1 aromatic heterocycles. The van der Waals surface area contributed by atoms with E-state index >= 15 is 0 Å². The highest BCUT2D eigenvalue weighted by molar-refractivity contribution is 7.99. The first-order valence-corrected chi connectivity index (χ1v) is 12.6. The number of para-hydroxylation sites is 1. The number of aromatic amines is 1. The molecule has 10 nitrogen and oxygen atoms in total. The number of fused-ring (bicyclic) bond motifs is 1. The van der Waals surface area contributed by atoms with E-state index in [4.69, 9.17) is 5.73 Å². The number of H-pyrrole nitrogens is 1. The van der Waals surface area contributed by atoms with Crippen molar-refractivity contribution in [3.63, 3.8) is 0 Å². The first kappa shape index (κ1) is 25.4. The second-order valence-corrected chi connectivity index (χ2v) is 9.59. The van der Waals surface area contributed by atoms with Crippen molar-refractivity contribution in [3.05, 3.63) is 36.0 Å². The minimum absolute atomic E-state index is 0.0458. The number of carbonyl (C=O) groups excluding carboxylic acids is 4. The molecule has 0 unspecified atom stereocenters. The number of hydrogen-bond acceptors (Lipinski definition) is 5. The van der Waals surface area contributed by atoms with Gasteiger partial charge in [-0.15, -0.1) is 0 Å². The number of nitrogens with zero attached hydrogens (tertiary/aromatic N) is 1. The fourth-order valence-electron chi connectivity index (χ4n) is 4.17. The summed E-state index contributed by atoms with van der Waals surface area (Å²) in [6.07, 6.45) is 4.06. The SMILES string of the molecule is CSCC(=O)N1C[C@@H](NC(=O)NC(C)C)C[C@H]1C(=O)N[C@H](Cc1c[nH]c2ccccc12)C(N)=O. The summed E-state index contributed by atoms with van der Waals surface area (Å²) >= 11 is 1.36. The number of carbonyl (C=O) groups is 4. The van der Waals surface area contributed by atoms with Gasteiger partial charge < -0.3 is 31.6 Å². The number of thioether (sulfide) groups is 1. The van der Waals surface area contributed by atoms with E-state index in [1.165, 1.54) is 16.7 Å². The lowest BCUT2D eigenvalue weighted by Gasteiger charge is -2.25. The predicted molar refractivity (Wildman–Crippen MR) is 132 cm³/mol. The molecule has 184 valence electrons. The minimum atomic E-state index is -0.944. The molecule has 1 aliphatic heterocycles. The largest absolute Gasteiger partial charge is 0.368 e. The minimum Gasteiger partial charge on any atom is -0.368 e. The molecular formula is C23H32N6O4S. The maximum Gasteiger partial charge on any atom is 0.315 e. The Kier molecular flexibility index (Phi) is 8.43. The Hall–Kier alpha value is -3.21. The van der Waals surface area contributed by atoms with Crippen LogP contribution in [0.4, 0.5) is 4.79 Å². The first-order valence-electron chi connectivity index (χ1n) is 11.2. The Morgan fingerprint density at radius 2 is 1.94 bits per heavy atom.